The van der Waals surface area contributed by atoms with Crippen LogP contribution in [-0.4, -0.2) is 41.5 Å². The molecule has 2 aromatic carbocycles. The van der Waals surface area contributed by atoms with E-state index in [1.54, 1.807) is 12.4 Å². The molecule has 0 spiro atoms. The van der Waals surface area contributed by atoms with Gasteiger partial charge >= 0.3 is 0 Å². The summed E-state index contributed by atoms with van der Waals surface area (Å²) in [6, 6.07) is 12.0. The van der Waals surface area contributed by atoms with Gasteiger partial charge in [0, 0.05) is 12.3 Å². The lowest BCUT2D eigenvalue weighted by molar-refractivity contribution is -0.0298. The summed E-state index contributed by atoms with van der Waals surface area (Å²) in [5.41, 5.74) is 3.08. The zero-order chi connectivity index (χ0) is 25.5. The largest absolute Gasteiger partial charge is 0.358 e. The Morgan fingerprint density at radius 3 is 2.73 bits per heavy atom. The van der Waals surface area contributed by atoms with Crippen molar-refractivity contribution in [1.82, 2.24) is 29.1 Å². The topological polar surface area (TPSA) is 99.8 Å². The van der Waals surface area contributed by atoms with E-state index < -0.39 is 5.82 Å². The van der Waals surface area contributed by atoms with E-state index in [1.165, 1.54) is 19.3 Å². The van der Waals surface area contributed by atoms with Crippen molar-refractivity contribution in [2.75, 3.05) is 11.9 Å². The number of hydrogen-bond acceptors (Lipinski definition) is 7. The Hall–Kier alpha value is -4.18. The molecule has 9 nitrogen and oxygen atoms in total. The van der Waals surface area contributed by atoms with E-state index in [0.717, 1.165) is 31.6 Å². The third-order valence-electron chi connectivity index (χ3n) is 6.73. The van der Waals surface area contributed by atoms with Gasteiger partial charge in [-0.1, -0.05) is 18.2 Å². The SMILES string of the molecule is CC(=O)c1c(F)ccc2nc([C@H](C)Nc3ncnc4c3ncn4C3CCCCO3)n(-c3ccccc3)c12. The van der Waals surface area contributed by atoms with Crippen LogP contribution in [-0.2, 0) is 4.74 Å². The van der Waals surface area contributed by atoms with Crippen molar-refractivity contribution in [2.45, 2.75) is 45.4 Å². The van der Waals surface area contributed by atoms with Gasteiger partial charge in [-0.25, -0.2) is 24.3 Å². The minimum atomic E-state index is -0.572. The summed E-state index contributed by atoms with van der Waals surface area (Å²) in [4.78, 5) is 30.8. The van der Waals surface area contributed by atoms with Crippen molar-refractivity contribution < 1.29 is 13.9 Å². The molecule has 0 amide bonds. The maximum atomic E-state index is 14.8. The number of fused-ring (bicyclic) bond motifs is 2. The fraction of sp³-hybridized carbons (Fsp3) is 0.296. The number of nitrogens with one attached hydrogen (secondary N) is 1. The lowest BCUT2D eigenvalue weighted by Crippen LogP contribution is -2.18. The average molecular weight is 500 g/mol. The fourth-order valence-electron chi connectivity index (χ4n) is 5.00. The molecule has 6 rings (SSSR count). The van der Waals surface area contributed by atoms with Crippen molar-refractivity contribution in [3.8, 4) is 5.69 Å². The number of nitrogens with zero attached hydrogens (tertiary/aromatic N) is 6. The first-order chi connectivity index (χ1) is 18.0. The molecule has 1 unspecified atom stereocenters. The van der Waals surface area contributed by atoms with Gasteiger partial charge in [0.1, 0.15) is 24.2 Å². The van der Waals surface area contributed by atoms with Crippen LogP contribution >= 0.6 is 0 Å². The number of ether oxygens (including phenoxy) is 1. The number of rotatable bonds is 6. The van der Waals surface area contributed by atoms with Gasteiger partial charge in [-0.2, -0.15) is 0 Å². The summed E-state index contributed by atoms with van der Waals surface area (Å²) >= 11 is 0. The van der Waals surface area contributed by atoms with Crippen LogP contribution in [0.25, 0.3) is 27.9 Å². The Balaban J connectivity index is 1.45. The molecule has 37 heavy (non-hydrogen) atoms. The van der Waals surface area contributed by atoms with E-state index in [0.29, 0.717) is 33.8 Å². The number of halogens is 1. The minimum Gasteiger partial charge on any atom is -0.358 e. The quantitative estimate of drug-likeness (QED) is 0.313. The summed E-state index contributed by atoms with van der Waals surface area (Å²) in [5.74, 6) is 0.227. The monoisotopic (exact) mass is 499 g/mol. The molecule has 0 radical (unpaired) electrons. The second kappa shape index (κ2) is 9.36. The Labute approximate surface area is 212 Å². The number of ketones is 1. The van der Waals surface area contributed by atoms with Crippen molar-refractivity contribution >= 4 is 33.8 Å². The van der Waals surface area contributed by atoms with Gasteiger partial charge in [-0.05, 0) is 57.4 Å². The summed E-state index contributed by atoms with van der Waals surface area (Å²) in [5, 5.41) is 3.42. The fourth-order valence-corrected chi connectivity index (χ4v) is 5.00. The average Bonchev–Trinajstić information content (AvgIpc) is 3.52. The first-order valence-electron chi connectivity index (χ1n) is 12.4. The molecule has 1 N–H and O–H groups in total. The standard InChI is InChI=1S/C27H26FN7O2/c1-16(32-25-23-27(30-14-29-25)34(15-31-23)21-10-6-7-13-37-21)26-33-20-12-11-19(28)22(17(2)36)24(20)35(26)18-8-4-3-5-9-18/h3-5,8-9,11-12,14-16,21H,6-7,10,13H2,1-2H3,(H,29,30,32)/t16-,21?/m0/s1. The number of para-hydroxylation sites is 1. The molecule has 1 aliphatic heterocycles. The van der Waals surface area contributed by atoms with Crippen LogP contribution in [0.5, 0.6) is 0 Å². The molecule has 1 aliphatic rings. The Morgan fingerprint density at radius 2 is 1.97 bits per heavy atom. The van der Waals surface area contributed by atoms with Crippen LogP contribution in [0, 0.1) is 5.82 Å². The van der Waals surface area contributed by atoms with E-state index in [9.17, 15) is 9.18 Å². The Morgan fingerprint density at radius 1 is 1.14 bits per heavy atom. The number of imidazole rings is 2. The van der Waals surface area contributed by atoms with Gasteiger partial charge < -0.3 is 10.1 Å². The van der Waals surface area contributed by atoms with E-state index >= 15 is 0 Å². The van der Waals surface area contributed by atoms with Crippen LogP contribution in [0.15, 0.2) is 55.1 Å². The molecule has 5 aromatic rings. The molecule has 1 fully saturated rings. The van der Waals surface area contributed by atoms with Gasteiger partial charge in [-0.15, -0.1) is 0 Å². The number of aromatic nitrogens is 6. The Bertz CT molecular complexity index is 1610. The molecule has 1 saturated heterocycles. The Kier molecular flexibility index (Phi) is 5.88. The van der Waals surface area contributed by atoms with Gasteiger partial charge in [0.25, 0.3) is 0 Å². The maximum Gasteiger partial charge on any atom is 0.167 e. The van der Waals surface area contributed by atoms with Crippen LogP contribution in [0.1, 0.15) is 61.6 Å². The first-order valence-corrected chi connectivity index (χ1v) is 12.4. The highest BCUT2D eigenvalue weighted by Crippen LogP contribution is 2.32. The van der Waals surface area contributed by atoms with Crippen LogP contribution in [0.3, 0.4) is 0 Å². The zero-order valence-electron chi connectivity index (χ0n) is 20.6. The predicted molar refractivity (Wildman–Crippen MR) is 137 cm³/mol. The number of carbonyl (C=O) groups excluding carboxylic acids is 1. The molecular formula is C27H26FN7O2. The van der Waals surface area contributed by atoms with Gasteiger partial charge in [0.2, 0.25) is 0 Å². The zero-order valence-corrected chi connectivity index (χ0v) is 20.6. The number of anilines is 1. The van der Waals surface area contributed by atoms with Crippen molar-refractivity contribution in [3.63, 3.8) is 0 Å². The van der Waals surface area contributed by atoms with Crippen molar-refractivity contribution in [1.29, 1.82) is 0 Å². The van der Waals surface area contributed by atoms with Crippen molar-refractivity contribution in [2.24, 2.45) is 0 Å². The van der Waals surface area contributed by atoms with Crippen LogP contribution in [0.4, 0.5) is 10.2 Å². The van der Waals surface area contributed by atoms with E-state index in [2.05, 4.69) is 20.3 Å². The molecule has 3 aromatic heterocycles. The molecule has 188 valence electrons. The van der Waals surface area contributed by atoms with E-state index in [-0.39, 0.29) is 23.6 Å². The lowest BCUT2D eigenvalue weighted by Gasteiger charge is -2.23. The molecule has 0 saturated carbocycles. The summed E-state index contributed by atoms with van der Waals surface area (Å²) in [7, 11) is 0. The maximum absolute atomic E-state index is 14.8. The predicted octanol–water partition coefficient (Wildman–Crippen LogP) is 5.38. The van der Waals surface area contributed by atoms with Gasteiger partial charge in [-0.3, -0.25) is 13.9 Å². The lowest BCUT2D eigenvalue weighted by atomic mass is 10.1. The summed E-state index contributed by atoms with van der Waals surface area (Å²) < 4.78 is 24.6. The third-order valence-corrected chi connectivity index (χ3v) is 6.73. The number of carbonyl (C=O) groups is 1. The number of benzene rings is 2. The number of Topliss-reactive ketones (excluding diaryl/α,β-unsaturated/α-hetero) is 1. The summed E-state index contributed by atoms with van der Waals surface area (Å²) in [6.45, 7) is 4.03. The molecule has 0 aliphatic carbocycles. The molecular weight excluding hydrogens is 473 g/mol. The third kappa shape index (κ3) is 4.03. The minimum absolute atomic E-state index is 0.0166. The highest BCUT2D eigenvalue weighted by atomic mass is 19.1. The molecule has 10 heteroatoms. The first kappa shape index (κ1) is 23.2. The second-order valence-electron chi connectivity index (χ2n) is 9.22. The molecule has 0 bridgehead atoms. The molecule has 4 heterocycles. The van der Waals surface area contributed by atoms with Crippen LogP contribution < -0.4 is 5.32 Å². The van der Waals surface area contributed by atoms with Crippen LogP contribution in [0.2, 0.25) is 0 Å². The van der Waals surface area contributed by atoms with Crippen molar-refractivity contribution in [3.05, 3.63) is 72.3 Å². The molecule has 2 atom stereocenters. The summed E-state index contributed by atoms with van der Waals surface area (Å²) in [6.07, 6.45) is 6.20. The second-order valence-corrected chi connectivity index (χ2v) is 9.22. The van der Waals surface area contributed by atoms with E-state index in [1.807, 2.05) is 46.4 Å². The highest BCUT2D eigenvalue weighted by Gasteiger charge is 2.25. The highest BCUT2D eigenvalue weighted by molar-refractivity contribution is 6.06. The van der Waals surface area contributed by atoms with E-state index in [4.69, 9.17) is 9.72 Å². The number of hydrogen-bond donors (Lipinski definition) is 1. The smallest absolute Gasteiger partial charge is 0.167 e. The van der Waals surface area contributed by atoms with Gasteiger partial charge in [0.15, 0.2) is 22.8 Å². The van der Waals surface area contributed by atoms with Gasteiger partial charge in [0.05, 0.1) is 29.0 Å². The normalized spacial score (nSPS) is 16.8.